The van der Waals surface area contributed by atoms with Crippen molar-refractivity contribution in [3.63, 3.8) is 0 Å². The summed E-state index contributed by atoms with van der Waals surface area (Å²) in [5.74, 6) is 1.64. The summed E-state index contributed by atoms with van der Waals surface area (Å²) in [6, 6.07) is 12.5. The number of benzene rings is 2. The van der Waals surface area contributed by atoms with Crippen molar-refractivity contribution in [2.45, 2.75) is 44.2 Å². The van der Waals surface area contributed by atoms with Crippen molar-refractivity contribution < 1.29 is 0 Å². The lowest BCUT2D eigenvalue weighted by Gasteiger charge is -2.30. The summed E-state index contributed by atoms with van der Waals surface area (Å²) >= 11 is 18.7. The molecule has 0 spiro atoms. The molecule has 0 saturated heterocycles. The van der Waals surface area contributed by atoms with E-state index in [4.69, 9.17) is 44.8 Å². The molecule has 0 bridgehead atoms. The van der Waals surface area contributed by atoms with Gasteiger partial charge in [0.15, 0.2) is 0 Å². The number of aromatic nitrogens is 2. The molecule has 5 nitrogen and oxygen atoms in total. The van der Waals surface area contributed by atoms with Crippen molar-refractivity contribution >= 4 is 57.5 Å². The van der Waals surface area contributed by atoms with E-state index in [-0.39, 0.29) is 0 Å². The average molecular weight is 493 g/mol. The fraction of sp³-hybridized carbons (Fsp3) is 0.417. The van der Waals surface area contributed by atoms with E-state index in [0.29, 0.717) is 33.1 Å². The molecule has 2 N–H and O–H groups in total. The third-order valence-corrected chi connectivity index (χ3v) is 7.21. The molecule has 1 aromatic heterocycles. The Labute approximate surface area is 204 Å². The Kier molecular flexibility index (Phi) is 7.62. The van der Waals surface area contributed by atoms with Crippen LogP contribution in [0.25, 0.3) is 10.9 Å². The van der Waals surface area contributed by atoms with E-state index >= 15 is 0 Å². The van der Waals surface area contributed by atoms with Gasteiger partial charge in [0.1, 0.15) is 5.82 Å². The molecule has 3 aromatic rings. The first-order valence-corrected chi connectivity index (χ1v) is 12.1. The Morgan fingerprint density at radius 3 is 2.34 bits per heavy atom. The lowest BCUT2D eigenvalue weighted by Crippen LogP contribution is -2.38. The maximum atomic E-state index is 6.32. The van der Waals surface area contributed by atoms with Crippen molar-refractivity contribution in [2.24, 2.45) is 0 Å². The van der Waals surface area contributed by atoms with Gasteiger partial charge in [-0.15, -0.1) is 0 Å². The van der Waals surface area contributed by atoms with Crippen LogP contribution in [-0.2, 0) is 6.42 Å². The zero-order valence-electron chi connectivity index (χ0n) is 18.3. The van der Waals surface area contributed by atoms with Crippen LogP contribution in [0, 0.1) is 0 Å². The molecule has 4 rings (SSSR count). The molecule has 1 heterocycles. The van der Waals surface area contributed by atoms with Gasteiger partial charge in [0.05, 0.1) is 15.6 Å². The lowest BCUT2D eigenvalue weighted by molar-refractivity contribution is 0.355. The number of anilines is 2. The molecule has 1 fully saturated rings. The lowest BCUT2D eigenvalue weighted by atomic mass is 9.91. The maximum absolute atomic E-state index is 6.32. The first kappa shape index (κ1) is 23.4. The molecule has 0 amide bonds. The summed E-state index contributed by atoms with van der Waals surface area (Å²) in [6.45, 7) is 0.822. The van der Waals surface area contributed by atoms with Gasteiger partial charge < -0.3 is 15.5 Å². The fourth-order valence-electron chi connectivity index (χ4n) is 4.29. The molecule has 1 saturated carbocycles. The molecule has 0 unspecified atom stereocenters. The van der Waals surface area contributed by atoms with Crippen LogP contribution in [0.4, 0.5) is 11.8 Å². The first-order valence-electron chi connectivity index (χ1n) is 11.0. The molecule has 0 radical (unpaired) electrons. The number of nitrogens with zero attached hydrogens (tertiary/aromatic N) is 3. The maximum Gasteiger partial charge on any atom is 0.225 e. The van der Waals surface area contributed by atoms with Gasteiger partial charge in [-0.05, 0) is 68.5 Å². The zero-order valence-corrected chi connectivity index (χ0v) is 20.6. The Balaban J connectivity index is 1.31. The van der Waals surface area contributed by atoms with Crippen LogP contribution in [0.5, 0.6) is 0 Å². The van der Waals surface area contributed by atoms with Crippen LogP contribution in [0.3, 0.4) is 0 Å². The Morgan fingerprint density at radius 2 is 1.59 bits per heavy atom. The molecule has 1 aliphatic carbocycles. The van der Waals surface area contributed by atoms with Crippen LogP contribution < -0.4 is 15.5 Å². The third kappa shape index (κ3) is 5.40. The van der Waals surface area contributed by atoms with Crippen molar-refractivity contribution in [2.75, 3.05) is 30.9 Å². The van der Waals surface area contributed by atoms with E-state index in [2.05, 4.69) is 16.7 Å². The summed E-state index contributed by atoms with van der Waals surface area (Å²) in [6.07, 6.45) is 5.11. The number of fused-ring (bicyclic) bond motifs is 1. The molecule has 32 heavy (non-hydrogen) atoms. The SMILES string of the molecule is CN(C)c1nc(N[C@H]2CC[C@@H](NCCc3c(Cl)ccc(Cl)c3Cl)CC2)nc2ccccc12. The minimum atomic E-state index is 0.376. The number of hydrogen-bond donors (Lipinski definition) is 2. The van der Waals surface area contributed by atoms with Gasteiger partial charge in [0.25, 0.3) is 0 Å². The van der Waals surface area contributed by atoms with Crippen molar-refractivity contribution in [1.82, 2.24) is 15.3 Å². The van der Waals surface area contributed by atoms with Gasteiger partial charge in [-0.2, -0.15) is 4.98 Å². The van der Waals surface area contributed by atoms with Gasteiger partial charge in [-0.3, -0.25) is 0 Å². The third-order valence-electron chi connectivity index (χ3n) is 6.01. The van der Waals surface area contributed by atoms with E-state index in [0.717, 1.165) is 60.9 Å². The molecular weight excluding hydrogens is 465 g/mol. The average Bonchev–Trinajstić information content (AvgIpc) is 2.79. The van der Waals surface area contributed by atoms with E-state index in [1.54, 1.807) is 12.1 Å². The van der Waals surface area contributed by atoms with Gasteiger partial charge in [-0.25, -0.2) is 4.98 Å². The van der Waals surface area contributed by atoms with Crippen LogP contribution >= 0.6 is 34.8 Å². The minimum Gasteiger partial charge on any atom is -0.362 e. The molecule has 1 aliphatic rings. The standard InChI is InChI=1S/C24H28Cl3N5/c1-32(2)23-18-5-3-4-6-21(18)30-24(31-23)29-16-9-7-15(8-10-16)28-14-13-17-19(25)11-12-20(26)22(17)27/h3-6,11-12,15-16,28H,7-10,13-14H2,1-2H3,(H,29,30,31)/t15-,16+. The monoisotopic (exact) mass is 491 g/mol. The Bertz CT molecular complexity index is 1080. The van der Waals surface area contributed by atoms with Crippen LogP contribution in [0.15, 0.2) is 36.4 Å². The quantitative estimate of drug-likeness (QED) is 0.384. The largest absolute Gasteiger partial charge is 0.362 e. The number of halogens is 3. The first-order chi connectivity index (χ1) is 15.4. The number of para-hydroxylation sites is 1. The highest BCUT2D eigenvalue weighted by Gasteiger charge is 2.22. The van der Waals surface area contributed by atoms with Crippen LogP contribution in [0.2, 0.25) is 15.1 Å². The molecule has 2 aromatic carbocycles. The highest BCUT2D eigenvalue weighted by molar-refractivity contribution is 6.44. The van der Waals surface area contributed by atoms with Crippen molar-refractivity contribution in [3.05, 3.63) is 57.0 Å². The summed E-state index contributed by atoms with van der Waals surface area (Å²) in [7, 11) is 4.03. The highest BCUT2D eigenvalue weighted by atomic mass is 35.5. The van der Waals surface area contributed by atoms with Crippen LogP contribution in [0.1, 0.15) is 31.2 Å². The second-order valence-corrected chi connectivity index (χ2v) is 9.69. The second-order valence-electron chi connectivity index (χ2n) is 8.50. The van der Waals surface area contributed by atoms with Crippen molar-refractivity contribution in [3.8, 4) is 0 Å². The summed E-state index contributed by atoms with van der Waals surface area (Å²) < 4.78 is 0. The van der Waals surface area contributed by atoms with E-state index < -0.39 is 0 Å². The van der Waals surface area contributed by atoms with Crippen LogP contribution in [-0.4, -0.2) is 42.7 Å². The highest BCUT2D eigenvalue weighted by Crippen LogP contribution is 2.32. The van der Waals surface area contributed by atoms with E-state index in [1.807, 2.05) is 37.2 Å². The second kappa shape index (κ2) is 10.4. The minimum absolute atomic E-state index is 0.376. The fourth-order valence-corrected chi connectivity index (χ4v) is 5.03. The smallest absolute Gasteiger partial charge is 0.225 e. The number of nitrogens with one attached hydrogen (secondary N) is 2. The molecular formula is C24H28Cl3N5. The molecule has 170 valence electrons. The molecule has 0 aliphatic heterocycles. The predicted molar refractivity (Wildman–Crippen MR) is 137 cm³/mol. The normalized spacial score (nSPS) is 18.7. The van der Waals surface area contributed by atoms with Gasteiger partial charge in [0.2, 0.25) is 5.95 Å². The van der Waals surface area contributed by atoms with Crippen molar-refractivity contribution in [1.29, 1.82) is 0 Å². The zero-order chi connectivity index (χ0) is 22.7. The Morgan fingerprint density at radius 1 is 0.906 bits per heavy atom. The van der Waals surface area contributed by atoms with Gasteiger partial charge in [0, 0.05) is 36.6 Å². The summed E-state index contributed by atoms with van der Waals surface area (Å²) in [5, 5.41) is 10.1. The van der Waals surface area contributed by atoms with E-state index in [9.17, 15) is 0 Å². The number of hydrogen-bond acceptors (Lipinski definition) is 5. The van der Waals surface area contributed by atoms with Gasteiger partial charge in [-0.1, -0.05) is 46.9 Å². The molecule has 8 heteroatoms. The van der Waals surface area contributed by atoms with E-state index in [1.165, 1.54) is 0 Å². The predicted octanol–water partition coefficient (Wildman–Crippen LogP) is 6.21. The number of rotatable bonds is 7. The summed E-state index contributed by atoms with van der Waals surface area (Å²) in [5.41, 5.74) is 1.87. The van der Waals surface area contributed by atoms with Gasteiger partial charge >= 0.3 is 0 Å². The Hall–Kier alpha value is -1.79. The summed E-state index contributed by atoms with van der Waals surface area (Å²) in [4.78, 5) is 11.5. The topological polar surface area (TPSA) is 53.1 Å². The molecule has 0 atom stereocenters.